The second-order valence-corrected chi connectivity index (χ2v) is 6.75. The molecule has 4 rings (SSSR count). The Hall–Kier alpha value is -2.40. The summed E-state index contributed by atoms with van der Waals surface area (Å²) in [5, 5.41) is 8.72. The maximum Gasteiger partial charge on any atom is 0.217 e. The minimum absolute atomic E-state index is 0.779. The molecule has 0 aliphatic carbocycles. The van der Waals surface area contributed by atoms with Gasteiger partial charge in [-0.15, -0.1) is 10.2 Å². The first-order chi connectivity index (χ1) is 10.5. The number of anilines is 1. The van der Waals surface area contributed by atoms with Gasteiger partial charge in [0, 0.05) is 11.3 Å². The first-order valence-corrected chi connectivity index (χ1v) is 7.97. The van der Waals surface area contributed by atoms with Crippen LogP contribution in [0, 0.1) is 20.8 Å². The molecule has 0 saturated carbocycles. The molecule has 0 aliphatic rings. The molecule has 22 heavy (non-hydrogen) atoms. The van der Waals surface area contributed by atoms with Crippen molar-refractivity contribution in [3.05, 3.63) is 47.0 Å². The molecule has 0 amide bonds. The second kappa shape index (κ2) is 4.55. The molecular formula is C17H16N4S. The summed E-state index contributed by atoms with van der Waals surface area (Å²) in [5.41, 5.74) is 12.6. The van der Waals surface area contributed by atoms with Crippen LogP contribution in [0.5, 0.6) is 0 Å². The van der Waals surface area contributed by atoms with Gasteiger partial charge in [-0.25, -0.2) is 0 Å². The van der Waals surface area contributed by atoms with Gasteiger partial charge in [0.15, 0.2) is 5.82 Å². The molecule has 4 nitrogen and oxygen atoms in total. The monoisotopic (exact) mass is 308 g/mol. The number of hydrogen-bond acceptors (Lipinski definition) is 4. The zero-order valence-corrected chi connectivity index (χ0v) is 13.5. The number of aryl methyl sites for hydroxylation is 3. The van der Waals surface area contributed by atoms with Crippen LogP contribution in [0.15, 0.2) is 30.3 Å². The Labute approximate surface area is 132 Å². The smallest absolute Gasteiger partial charge is 0.217 e. The predicted octanol–water partition coefficient (Wildman–Crippen LogP) is 4.12. The lowest BCUT2D eigenvalue weighted by atomic mass is 10.1. The van der Waals surface area contributed by atoms with E-state index in [0.29, 0.717) is 0 Å². The number of fused-ring (bicyclic) bond motifs is 3. The third-order valence-electron chi connectivity index (χ3n) is 4.01. The molecule has 0 spiro atoms. The van der Waals surface area contributed by atoms with E-state index in [0.717, 1.165) is 27.6 Å². The van der Waals surface area contributed by atoms with Gasteiger partial charge in [-0.2, -0.15) is 0 Å². The lowest BCUT2D eigenvalue weighted by Gasteiger charge is -2.05. The largest absolute Gasteiger partial charge is 0.398 e. The van der Waals surface area contributed by atoms with E-state index in [4.69, 9.17) is 5.73 Å². The van der Waals surface area contributed by atoms with Crippen LogP contribution in [0.1, 0.15) is 16.7 Å². The van der Waals surface area contributed by atoms with Gasteiger partial charge in [-0.1, -0.05) is 29.5 Å². The Morgan fingerprint density at radius 3 is 2.59 bits per heavy atom. The molecule has 0 aliphatic heterocycles. The van der Waals surface area contributed by atoms with E-state index in [1.807, 2.05) is 19.1 Å². The molecule has 2 N–H and O–H groups in total. The zero-order chi connectivity index (χ0) is 15.4. The first kappa shape index (κ1) is 13.3. The lowest BCUT2D eigenvalue weighted by molar-refractivity contribution is 1.12. The molecule has 0 saturated heterocycles. The second-order valence-electron chi connectivity index (χ2n) is 5.74. The summed E-state index contributed by atoms with van der Waals surface area (Å²) in [6.45, 7) is 6.26. The number of aromatic nitrogens is 3. The van der Waals surface area contributed by atoms with Gasteiger partial charge in [-0.3, -0.25) is 4.40 Å². The lowest BCUT2D eigenvalue weighted by Crippen LogP contribution is -1.94. The van der Waals surface area contributed by atoms with Crippen molar-refractivity contribution in [3.63, 3.8) is 0 Å². The van der Waals surface area contributed by atoms with E-state index < -0.39 is 0 Å². The van der Waals surface area contributed by atoms with Crippen LogP contribution in [0.2, 0.25) is 0 Å². The van der Waals surface area contributed by atoms with Gasteiger partial charge >= 0.3 is 0 Å². The maximum atomic E-state index is 6.05. The Balaban J connectivity index is 2.08. The summed E-state index contributed by atoms with van der Waals surface area (Å²) in [4.78, 5) is 0.915. The van der Waals surface area contributed by atoms with E-state index in [1.54, 1.807) is 11.3 Å². The molecule has 0 fully saturated rings. The molecule has 2 aromatic heterocycles. The number of nitrogens with two attached hydrogens (primary N) is 1. The number of rotatable bonds is 1. The average molecular weight is 308 g/mol. The molecular weight excluding hydrogens is 292 g/mol. The van der Waals surface area contributed by atoms with Crippen molar-refractivity contribution in [3.8, 4) is 11.4 Å². The standard InChI is InChI=1S/C17H16N4S/c1-9-6-11(3)15-14(7-9)22-17-20-19-16(21(15)17)12-5-4-10(2)13(18)8-12/h4-8H,18H2,1-3H3. The molecule has 0 unspecified atom stereocenters. The topological polar surface area (TPSA) is 56.2 Å². The van der Waals surface area contributed by atoms with Crippen LogP contribution in [-0.4, -0.2) is 14.6 Å². The van der Waals surface area contributed by atoms with Crippen LogP contribution in [0.4, 0.5) is 5.69 Å². The quantitative estimate of drug-likeness (QED) is 0.538. The molecule has 0 atom stereocenters. The highest BCUT2D eigenvalue weighted by Crippen LogP contribution is 2.33. The van der Waals surface area contributed by atoms with Gasteiger partial charge in [0.1, 0.15) is 0 Å². The SMILES string of the molecule is Cc1cc(C)c2c(c1)sc1nnc(-c3ccc(C)c(N)c3)n12. The third-order valence-corrected chi connectivity index (χ3v) is 4.98. The van der Waals surface area contributed by atoms with E-state index in [9.17, 15) is 0 Å². The minimum atomic E-state index is 0.779. The summed E-state index contributed by atoms with van der Waals surface area (Å²) in [6, 6.07) is 10.4. The summed E-state index contributed by atoms with van der Waals surface area (Å²) in [6.07, 6.45) is 0. The van der Waals surface area contributed by atoms with Crippen LogP contribution < -0.4 is 5.73 Å². The van der Waals surface area contributed by atoms with Crippen LogP contribution in [-0.2, 0) is 0 Å². The average Bonchev–Trinajstić information content (AvgIpc) is 3.00. The van der Waals surface area contributed by atoms with Crippen molar-refractivity contribution >= 4 is 32.2 Å². The number of nitrogens with zero attached hydrogens (tertiary/aromatic N) is 3. The van der Waals surface area contributed by atoms with Crippen molar-refractivity contribution in [2.24, 2.45) is 0 Å². The summed E-state index contributed by atoms with van der Waals surface area (Å²) in [5.74, 6) is 0.847. The Bertz CT molecular complexity index is 1030. The van der Waals surface area contributed by atoms with Crippen molar-refractivity contribution in [2.45, 2.75) is 20.8 Å². The number of thiazole rings is 1. The van der Waals surface area contributed by atoms with Crippen molar-refractivity contribution in [1.82, 2.24) is 14.6 Å². The van der Waals surface area contributed by atoms with Crippen LogP contribution >= 0.6 is 11.3 Å². The molecule has 110 valence electrons. The van der Waals surface area contributed by atoms with Gasteiger partial charge in [0.05, 0.1) is 10.2 Å². The minimum Gasteiger partial charge on any atom is -0.398 e. The van der Waals surface area contributed by atoms with Crippen molar-refractivity contribution < 1.29 is 0 Å². The highest BCUT2D eigenvalue weighted by molar-refractivity contribution is 7.23. The number of nitrogen functional groups attached to an aromatic ring is 1. The van der Waals surface area contributed by atoms with Crippen LogP contribution in [0.25, 0.3) is 26.6 Å². The fourth-order valence-electron chi connectivity index (χ4n) is 2.89. The maximum absolute atomic E-state index is 6.05. The Morgan fingerprint density at radius 1 is 1.00 bits per heavy atom. The summed E-state index contributed by atoms with van der Waals surface area (Å²) in [7, 11) is 0. The summed E-state index contributed by atoms with van der Waals surface area (Å²) >= 11 is 1.67. The van der Waals surface area contributed by atoms with Gasteiger partial charge in [-0.05, 0) is 49.6 Å². The van der Waals surface area contributed by atoms with Gasteiger partial charge in [0.25, 0.3) is 0 Å². The Morgan fingerprint density at radius 2 is 1.82 bits per heavy atom. The number of benzene rings is 2. The molecule has 0 radical (unpaired) electrons. The molecule has 2 heterocycles. The molecule has 0 bridgehead atoms. The van der Waals surface area contributed by atoms with Crippen molar-refractivity contribution in [2.75, 3.05) is 5.73 Å². The molecule has 2 aromatic carbocycles. The third kappa shape index (κ3) is 1.82. The van der Waals surface area contributed by atoms with Crippen molar-refractivity contribution in [1.29, 1.82) is 0 Å². The van der Waals surface area contributed by atoms with E-state index >= 15 is 0 Å². The zero-order valence-electron chi connectivity index (χ0n) is 12.7. The Kier molecular flexibility index (Phi) is 2.74. The highest BCUT2D eigenvalue weighted by Gasteiger charge is 2.16. The van der Waals surface area contributed by atoms with E-state index in [-0.39, 0.29) is 0 Å². The fourth-order valence-corrected chi connectivity index (χ4v) is 4.03. The first-order valence-electron chi connectivity index (χ1n) is 7.16. The number of hydrogen-bond donors (Lipinski definition) is 1. The highest BCUT2D eigenvalue weighted by atomic mass is 32.1. The van der Waals surface area contributed by atoms with E-state index in [1.165, 1.54) is 21.3 Å². The van der Waals surface area contributed by atoms with Gasteiger partial charge in [0.2, 0.25) is 4.96 Å². The molecule has 5 heteroatoms. The normalized spacial score (nSPS) is 11.6. The molecule has 4 aromatic rings. The fraction of sp³-hybridized carbons (Fsp3) is 0.176. The predicted molar refractivity (Wildman–Crippen MR) is 92.4 cm³/mol. The van der Waals surface area contributed by atoms with Gasteiger partial charge < -0.3 is 5.73 Å². The van der Waals surface area contributed by atoms with E-state index in [2.05, 4.69) is 46.6 Å². The van der Waals surface area contributed by atoms with Crippen LogP contribution in [0.3, 0.4) is 0 Å². The summed E-state index contributed by atoms with van der Waals surface area (Å²) < 4.78 is 3.38.